The summed E-state index contributed by atoms with van der Waals surface area (Å²) in [5, 5.41) is 9.28. The van der Waals surface area contributed by atoms with Crippen LogP contribution in [0.1, 0.15) is 57.8 Å². The van der Waals surface area contributed by atoms with E-state index >= 15 is 0 Å². The van der Waals surface area contributed by atoms with Gasteiger partial charge in [-0.25, -0.2) is 0 Å². The van der Waals surface area contributed by atoms with E-state index in [1.165, 1.54) is 44.9 Å². The fraction of sp³-hybridized carbons (Fsp3) is 0.933. The average molecular weight is 251 g/mol. The lowest BCUT2D eigenvalue weighted by Crippen LogP contribution is -2.35. The van der Waals surface area contributed by atoms with Crippen molar-refractivity contribution in [1.82, 2.24) is 4.90 Å². The van der Waals surface area contributed by atoms with Crippen LogP contribution in [0.3, 0.4) is 0 Å². The van der Waals surface area contributed by atoms with E-state index in [1.54, 1.807) is 0 Å². The molecule has 3 nitrogen and oxygen atoms in total. The fourth-order valence-corrected chi connectivity index (χ4v) is 4.11. The average Bonchev–Trinajstić information content (AvgIpc) is 3.02. The number of aliphatic carboxylic acids is 1. The van der Waals surface area contributed by atoms with E-state index < -0.39 is 5.97 Å². The number of hydrogen-bond donors (Lipinski definition) is 1. The third kappa shape index (κ3) is 2.29. The monoisotopic (exact) mass is 251 g/mol. The first-order valence-electron chi connectivity index (χ1n) is 7.60. The van der Waals surface area contributed by atoms with E-state index in [9.17, 15) is 9.90 Å². The molecule has 1 N–H and O–H groups in total. The van der Waals surface area contributed by atoms with Crippen molar-refractivity contribution in [2.45, 2.75) is 57.8 Å². The van der Waals surface area contributed by atoms with Crippen LogP contribution in [-0.2, 0) is 4.79 Å². The molecule has 0 radical (unpaired) electrons. The molecule has 102 valence electrons. The molecule has 3 fully saturated rings. The van der Waals surface area contributed by atoms with Gasteiger partial charge in [0, 0.05) is 6.54 Å². The second-order valence-corrected chi connectivity index (χ2v) is 6.92. The van der Waals surface area contributed by atoms with E-state index in [0.717, 1.165) is 32.5 Å². The maximum Gasteiger partial charge on any atom is 0.310 e. The van der Waals surface area contributed by atoms with E-state index in [2.05, 4.69) is 4.90 Å². The largest absolute Gasteiger partial charge is 0.481 e. The normalized spacial score (nSPS) is 30.2. The Hall–Kier alpha value is -0.570. The molecule has 1 spiro atoms. The van der Waals surface area contributed by atoms with Crippen molar-refractivity contribution in [3.63, 3.8) is 0 Å². The van der Waals surface area contributed by atoms with Crippen molar-refractivity contribution < 1.29 is 9.90 Å². The molecule has 0 aromatic rings. The van der Waals surface area contributed by atoms with Crippen molar-refractivity contribution in [1.29, 1.82) is 0 Å². The number of carbonyl (C=O) groups is 1. The van der Waals surface area contributed by atoms with Gasteiger partial charge in [-0.05, 0) is 63.5 Å². The zero-order valence-electron chi connectivity index (χ0n) is 11.3. The maximum absolute atomic E-state index is 11.3. The highest BCUT2D eigenvalue weighted by Crippen LogP contribution is 2.49. The smallest absolute Gasteiger partial charge is 0.310 e. The Kier molecular flexibility index (Phi) is 3.13. The van der Waals surface area contributed by atoms with Crippen molar-refractivity contribution in [2.24, 2.45) is 10.8 Å². The molecular formula is C15H25NO2. The molecule has 1 heterocycles. The first-order chi connectivity index (χ1) is 8.64. The van der Waals surface area contributed by atoms with Crippen LogP contribution in [0.2, 0.25) is 0 Å². The van der Waals surface area contributed by atoms with Gasteiger partial charge in [0.1, 0.15) is 0 Å². The lowest BCUT2D eigenvalue weighted by atomic mass is 9.79. The third-order valence-electron chi connectivity index (χ3n) is 5.64. The van der Waals surface area contributed by atoms with Crippen molar-refractivity contribution in [3.8, 4) is 0 Å². The summed E-state index contributed by atoms with van der Waals surface area (Å²) in [6.07, 6.45) is 11.4. The molecule has 0 amide bonds. The molecule has 0 atom stereocenters. The molecule has 3 aliphatic rings. The summed E-state index contributed by atoms with van der Waals surface area (Å²) in [4.78, 5) is 13.7. The van der Waals surface area contributed by atoms with E-state index in [4.69, 9.17) is 0 Å². The number of hydrogen-bond acceptors (Lipinski definition) is 2. The van der Waals surface area contributed by atoms with Crippen LogP contribution < -0.4 is 0 Å². The molecule has 0 aromatic heterocycles. The number of nitrogens with zero attached hydrogens (tertiary/aromatic N) is 1. The van der Waals surface area contributed by atoms with E-state index in [-0.39, 0.29) is 5.41 Å². The van der Waals surface area contributed by atoms with Crippen LogP contribution in [0.15, 0.2) is 0 Å². The van der Waals surface area contributed by atoms with Gasteiger partial charge in [-0.1, -0.05) is 12.8 Å². The quantitative estimate of drug-likeness (QED) is 0.838. The maximum atomic E-state index is 11.3. The first-order valence-corrected chi connectivity index (χ1v) is 7.60. The Bertz CT molecular complexity index is 329. The second kappa shape index (κ2) is 4.52. The summed E-state index contributed by atoms with van der Waals surface area (Å²) in [6, 6.07) is 0. The van der Waals surface area contributed by atoms with Gasteiger partial charge in [-0.2, -0.15) is 0 Å². The molecule has 0 aromatic carbocycles. The zero-order valence-corrected chi connectivity index (χ0v) is 11.3. The Balaban J connectivity index is 1.58. The summed E-state index contributed by atoms with van der Waals surface area (Å²) in [7, 11) is 0. The lowest BCUT2D eigenvalue weighted by molar-refractivity contribution is -0.144. The summed E-state index contributed by atoms with van der Waals surface area (Å²) in [5.41, 5.74) is 0.266. The summed E-state index contributed by atoms with van der Waals surface area (Å²) >= 11 is 0. The van der Waals surface area contributed by atoms with Crippen LogP contribution >= 0.6 is 0 Å². The van der Waals surface area contributed by atoms with Crippen molar-refractivity contribution >= 4 is 5.97 Å². The molecule has 3 rings (SSSR count). The molecule has 0 unspecified atom stereocenters. The number of carboxylic acids is 1. The van der Waals surface area contributed by atoms with Crippen molar-refractivity contribution in [3.05, 3.63) is 0 Å². The number of likely N-dealkylation sites (tertiary alicyclic amines) is 1. The zero-order chi connectivity index (χ0) is 12.6. The highest BCUT2D eigenvalue weighted by molar-refractivity contribution is 5.78. The summed E-state index contributed by atoms with van der Waals surface area (Å²) < 4.78 is 0. The van der Waals surface area contributed by atoms with Gasteiger partial charge in [-0.3, -0.25) is 4.79 Å². The topological polar surface area (TPSA) is 40.5 Å². The molecule has 18 heavy (non-hydrogen) atoms. The second-order valence-electron chi connectivity index (χ2n) is 6.92. The summed E-state index contributed by atoms with van der Waals surface area (Å²) in [5.74, 6) is -0.567. The van der Waals surface area contributed by atoms with Gasteiger partial charge in [0.25, 0.3) is 0 Å². The Morgan fingerprint density at radius 3 is 2.22 bits per heavy atom. The Morgan fingerprint density at radius 2 is 1.61 bits per heavy atom. The predicted molar refractivity (Wildman–Crippen MR) is 70.5 cm³/mol. The molecule has 2 aliphatic carbocycles. The van der Waals surface area contributed by atoms with Crippen LogP contribution in [0.5, 0.6) is 0 Å². The molecular weight excluding hydrogens is 226 g/mol. The van der Waals surface area contributed by atoms with Crippen LogP contribution in [0, 0.1) is 10.8 Å². The molecule has 2 saturated carbocycles. The summed E-state index contributed by atoms with van der Waals surface area (Å²) in [6.45, 7) is 3.06. The van der Waals surface area contributed by atoms with Crippen molar-refractivity contribution in [2.75, 3.05) is 19.6 Å². The van der Waals surface area contributed by atoms with Crippen LogP contribution in [0.4, 0.5) is 0 Å². The van der Waals surface area contributed by atoms with Gasteiger partial charge in [-0.15, -0.1) is 0 Å². The third-order valence-corrected chi connectivity index (χ3v) is 5.64. The van der Waals surface area contributed by atoms with Gasteiger partial charge < -0.3 is 10.0 Å². The number of rotatable bonds is 3. The van der Waals surface area contributed by atoms with Crippen LogP contribution in [0.25, 0.3) is 0 Å². The Morgan fingerprint density at radius 1 is 0.944 bits per heavy atom. The molecule has 0 bridgehead atoms. The van der Waals surface area contributed by atoms with E-state index in [1.807, 2.05) is 0 Å². The standard InChI is InChI=1S/C15H25NO2/c17-13(18)15(7-8-15)12-16-10-3-6-14(9-11-16)4-1-2-5-14/h1-12H2,(H,17,18). The molecule has 1 aliphatic heterocycles. The SMILES string of the molecule is O=C(O)C1(CN2CCCC3(CCCC3)CC2)CC1. The fourth-order valence-electron chi connectivity index (χ4n) is 4.11. The van der Waals surface area contributed by atoms with Crippen LogP contribution in [-0.4, -0.2) is 35.6 Å². The van der Waals surface area contributed by atoms with E-state index in [0.29, 0.717) is 5.41 Å². The highest BCUT2D eigenvalue weighted by Gasteiger charge is 2.51. The minimum absolute atomic E-state index is 0.368. The van der Waals surface area contributed by atoms with Gasteiger partial charge >= 0.3 is 5.97 Å². The highest BCUT2D eigenvalue weighted by atomic mass is 16.4. The minimum atomic E-state index is -0.567. The predicted octanol–water partition coefficient (Wildman–Crippen LogP) is 2.90. The first kappa shape index (κ1) is 12.5. The Labute approximate surface area is 110 Å². The van der Waals surface area contributed by atoms with Gasteiger partial charge in [0.05, 0.1) is 5.41 Å². The lowest BCUT2D eigenvalue weighted by Gasteiger charge is -2.28. The minimum Gasteiger partial charge on any atom is -0.481 e. The molecule has 1 saturated heterocycles. The number of carboxylic acid groups (broad SMARTS) is 1. The van der Waals surface area contributed by atoms with Gasteiger partial charge in [0.2, 0.25) is 0 Å². The van der Waals surface area contributed by atoms with Gasteiger partial charge in [0.15, 0.2) is 0 Å². The molecule has 3 heteroatoms.